The van der Waals surface area contributed by atoms with Crippen LogP contribution in [0.3, 0.4) is 0 Å². The lowest BCUT2D eigenvalue weighted by Crippen LogP contribution is -2.11. The molecule has 0 unspecified atom stereocenters. The monoisotopic (exact) mass is 182 g/mol. The number of hydrogen-bond donors (Lipinski definition) is 0. The van der Waals surface area contributed by atoms with E-state index in [4.69, 9.17) is 0 Å². The highest BCUT2D eigenvalue weighted by molar-refractivity contribution is 5.85. The second-order valence-electron chi connectivity index (χ2n) is 4.60. The summed E-state index contributed by atoms with van der Waals surface area (Å²) in [6.45, 7) is 6.67. The molecule has 0 N–H and O–H groups in total. The highest BCUT2D eigenvalue weighted by atomic mass is 14.2. The molecule has 14 heavy (non-hydrogen) atoms. The summed E-state index contributed by atoms with van der Waals surface area (Å²) in [6.07, 6.45) is 0. The first-order valence-corrected chi connectivity index (χ1v) is 4.90. The zero-order valence-corrected chi connectivity index (χ0v) is 8.89. The fourth-order valence-electron chi connectivity index (χ4n) is 1.70. The molecule has 0 aliphatic heterocycles. The summed E-state index contributed by atoms with van der Waals surface area (Å²) in [7, 11) is 0. The van der Waals surface area contributed by atoms with E-state index in [-0.39, 0.29) is 5.41 Å². The molecule has 2 radical (unpaired) electrons. The summed E-state index contributed by atoms with van der Waals surface area (Å²) < 4.78 is 0. The van der Waals surface area contributed by atoms with Gasteiger partial charge in [-0.2, -0.15) is 0 Å². The second kappa shape index (κ2) is 3.13. The van der Waals surface area contributed by atoms with Crippen LogP contribution < -0.4 is 0 Å². The quantitative estimate of drug-likeness (QED) is 0.582. The second-order valence-corrected chi connectivity index (χ2v) is 4.60. The number of benzene rings is 2. The standard InChI is InChI=1S/C14H14/c1-14(2,3)13-10-6-8-11-7-4-5-9-12(11)13/h4-7,10H,1-3H3. The molecule has 0 atom stereocenters. The van der Waals surface area contributed by atoms with Gasteiger partial charge in [-0.1, -0.05) is 51.1 Å². The third kappa shape index (κ3) is 1.52. The Morgan fingerprint density at radius 2 is 1.79 bits per heavy atom. The van der Waals surface area contributed by atoms with Crippen molar-refractivity contribution in [3.8, 4) is 0 Å². The average Bonchev–Trinajstić information content (AvgIpc) is 2.15. The van der Waals surface area contributed by atoms with Gasteiger partial charge in [-0.3, -0.25) is 0 Å². The molecule has 0 aliphatic carbocycles. The lowest BCUT2D eigenvalue weighted by Gasteiger charge is -2.20. The summed E-state index contributed by atoms with van der Waals surface area (Å²) in [5.41, 5.74) is 1.51. The van der Waals surface area contributed by atoms with Gasteiger partial charge in [0.1, 0.15) is 0 Å². The molecule has 0 saturated carbocycles. The Balaban J connectivity index is 2.78. The first kappa shape index (κ1) is 9.26. The van der Waals surface area contributed by atoms with Gasteiger partial charge < -0.3 is 0 Å². The smallest absolute Gasteiger partial charge is 0.00615 e. The summed E-state index contributed by atoms with van der Waals surface area (Å²) in [5.74, 6) is 0. The molecule has 0 fully saturated rings. The maximum absolute atomic E-state index is 3.29. The van der Waals surface area contributed by atoms with E-state index in [0.29, 0.717) is 0 Å². The van der Waals surface area contributed by atoms with Crippen LogP contribution in [-0.2, 0) is 5.41 Å². The van der Waals surface area contributed by atoms with E-state index in [9.17, 15) is 0 Å². The minimum absolute atomic E-state index is 0.172. The van der Waals surface area contributed by atoms with Crippen LogP contribution >= 0.6 is 0 Å². The van der Waals surface area contributed by atoms with Crippen molar-refractivity contribution < 1.29 is 0 Å². The van der Waals surface area contributed by atoms with Crippen LogP contribution in [0.1, 0.15) is 26.3 Å². The van der Waals surface area contributed by atoms with Gasteiger partial charge in [-0.15, -0.1) is 0 Å². The van der Waals surface area contributed by atoms with Crippen LogP contribution in [0.25, 0.3) is 10.8 Å². The summed E-state index contributed by atoms with van der Waals surface area (Å²) in [4.78, 5) is 0. The van der Waals surface area contributed by atoms with E-state index in [0.717, 1.165) is 5.39 Å². The van der Waals surface area contributed by atoms with E-state index in [1.54, 1.807) is 0 Å². The Kier molecular flexibility index (Phi) is 2.07. The molecule has 0 heterocycles. The van der Waals surface area contributed by atoms with Gasteiger partial charge in [0.25, 0.3) is 0 Å². The fraction of sp³-hybridized carbons (Fsp3) is 0.286. The molecule has 2 rings (SSSR count). The highest BCUT2D eigenvalue weighted by Gasteiger charge is 2.15. The van der Waals surface area contributed by atoms with Crippen LogP contribution in [0.4, 0.5) is 0 Å². The molecular weight excluding hydrogens is 168 g/mol. The third-order valence-corrected chi connectivity index (χ3v) is 2.42. The van der Waals surface area contributed by atoms with Crippen molar-refractivity contribution in [3.05, 3.63) is 48.0 Å². The molecule has 70 valence electrons. The van der Waals surface area contributed by atoms with Crippen molar-refractivity contribution in [2.45, 2.75) is 26.2 Å². The van der Waals surface area contributed by atoms with Gasteiger partial charge in [0.05, 0.1) is 0 Å². The van der Waals surface area contributed by atoms with Gasteiger partial charge in [-0.05, 0) is 33.9 Å². The van der Waals surface area contributed by atoms with Crippen molar-refractivity contribution in [2.24, 2.45) is 0 Å². The van der Waals surface area contributed by atoms with Gasteiger partial charge in [0.15, 0.2) is 0 Å². The molecule has 0 amide bonds. The van der Waals surface area contributed by atoms with Crippen molar-refractivity contribution >= 4 is 10.8 Å². The Morgan fingerprint density at radius 3 is 2.50 bits per heavy atom. The van der Waals surface area contributed by atoms with E-state index in [1.165, 1.54) is 10.9 Å². The van der Waals surface area contributed by atoms with E-state index >= 15 is 0 Å². The van der Waals surface area contributed by atoms with Crippen LogP contribution in [-0.4, -0.2) is 0 Å². The fourth-order valence-corrected chi connectivity index (χ4v) is 1.70. The predicted octanol–water partition coefficient (Wildman–Crippen LogP) is 3.74. The number of fused-ring (bicyclic) bond motifs is 1. The van der Waals surface area contributed by atoms with Crippen molar-refractivity contribution in [2.75, 3.05) is 0 Å². The molecule has 0 bridgehead atoms. The average molecular weight is 182 g/mol. The minimum atomic E-state index is 0.172. The molecule has 0 aromatic heterocycles. The van der Waals surface area contributed by atoms with Crippen molar-refractivity contribution in [3.63, 3.8) is 0 Å². The van der Waals surface area contributed by atoms with Gasteiger partial charge >= 0.3 is 0 Å². The van der Waals surface area contributed by atoms with Crippen molar-refractivity contribution in [1.82, 2.24) is 0 Å². The molecule has 0 saturated heterocycles. The van der Waals surface area contributed by atoms with Gasteiger partial charge in [0.2, 0.25) is 0 Å². The molecular formula is C14H14. The molecule has 2 aromatic rings. The Bertz CT molecular complexity index is 442. The van der Waals surface area contributed by atoms with Gasteiger partial charge in [0, 0.05) is 0 Å². The van der Waals surface area contributed by atoms with Crippen LogP contribution in [0, 0.1) is 12.1 Å². The summed E-state index contributed by atoms with van der Waals surface area (Å²) >= 11 is 0. The summed E-state index contributed by atoms with van der Waals surface area (Å²) in [6, 6.07) is 16.7. The zero-order chi connectivity index (χ0) is 10.2. The number of rotatable bonds is 0. The van der Waals surface area contributed by atoms with Gasteiger partial charge in [-0.25, -0.2) is 0 Å². The minimum Gasteiger partial charge on any atom is -0.0610 e. The lowest BCUT2D eigenvalue weighted by atomic mass is 9.84. The summed E-state index contributed by atoms with van der Waals surface area (Å²) in [5, 5.41) is 2.35. The molecule has 0 spiro atoms. The van der Waals surface area contributed by atoms with E-state index < -0.39 is 0 Å². The molecule has 2 aromatic carbocycles. The first-order chi connectivity index (χ1) is 6.59. The van der Waals surface area contributed by atoms with Crippen LogP contribution in [0.5, 0.6) is 0 Å². The number of hydrogen-bond acceptors (Lipinski definition) is 0. The van der Waals surface area contributed by atoms with E-state index in [2.05, 4.69) is 45.0 Å². The molecule has 0 heteroatoms. The Labute approximate surface area is 85.6 Å². The third-order valence-electron chi connectivity index (χ3n) is 2.42. The Morgan fingerprint density at radius 1 is 1.00 bits per heavy atom. The van der Waals surface area contributed by atoms with E-state index in [1.807, 2.05) is 18.2 Å². The molecule has 0 aliphatic rings. The van der Waals surface area contributed by atoms with Crippen molar-refractivity contribution in [1.29, 1.82) is 0 Å². The maximum atomic E-state index is 3.29. The predicted molar refractivity (Wildman–Crippen MR) is 60.3 cm³/mol. The topological polar surface area (TPSA) is 0 Å². The zero-order valence-electron chi connectivity index (χ0n) is 8.89. The Hall–Kier alpha value is -1.30. The van der Waals surface area contributed by atoms with Crippen LogP contribution in [0.15, 0.2) is 30.3 Å². The SMILES string of the molecule is CC(C)(C)c1cc[c]c2ccc[c]c12. The van der Waals surface area contributed by atoms with Crippen LogP contribution in [0.2, 0.25) is 0 Å². The lowest BCUT2D eigenvalue weighted by molar-refractivity contribution is 0.596. The first-order valence-electron chi connectivity index (χ1n) is 4.90. The normalized spacial score (nSPS) is 11.9. The largest absolute Gasteiger partial charge is 0.0610 e. The maximum Gasteiger partial charge on any atom is -0.00615 e. The molecule has 0 nitrogen and oxygen atoms in total. The highest BCUT2D eigenvalue weighted by Crippen LogP contribution is 2.28.